The van der Waals surface area contributed by atoms with Crippen LogP contribution in [-0.2, 0) is 6.54 Å². The van der Waals surface area contributed by atoms with Gasteiger partial charge in [0.05, 0.1) is 11.9 Å². The zero-order valence-electron chi connectivity index (χ0n) is 12.5. The van der Waals surface area contributed by atoms with E-state index in [1.54, 1.807) is 0 Å². The number of hydrogen-bond acceptors (Lipinski definition) is 2. The van der Waals surface area contributed by atoms with E-state index < -0.39 is 0 Å². The second-order valence-corrected chi connectivity index (χ2v) is 5.24. The number of benzene rings is 1. The van der Waals surface area contributed by atoms with Crippen LogP contribution in [0.4, 0.5) is 5.69 Å². The molecule has 0 bridgehead atoms. The summed E-state index contributed by atoms with van der Waals surface area (Å²) >= 11 is 0. The molecule has 2 aromatic rings. The molecule has 0 amide bonds. The van der Waals surface area contributed by atoms with Crippen LogP contribution < -0.4 is 5.32 Å². The summed E-state index contributed by atoms with van der Waals surface area (Å²) < 4.78 is 1.93. The highest BCUT2D eigenvalue weighted by molar-refractivity contribution is 5.45. The molecule has 3 nitrogen and oxygen atoms in total. The molecule has 2 rings (SSSR count). The standard InChI is InChI=1S/C16H23N3/c1-6-19-10-15(9-17-19)18-14(5)16-8-12(3)11(2)7-13(16)4/h7-10,14,18H,6H2,1-5H3. The summed E-state index contributed by atoms with van der Waals surface area (Å²) in [6.45, 7) is 11.7. The first-order valence-corrected chi connectivity index (χ1v) is 6.88. The highest BCUT2D eigenvalue weighted by atomic mass is 15.3. The van der Waals surface area contributed by atoms with Crippen LogP contribution in [0.3, 0.4) is 0 Å². The van der Waals surface area contributed by atoms with E-state index in [1.807, 2.05) is 17.1 Å². The van der Waals surface area contributed by atoms with Gasteiger partial charge in [-0.25, -0.2) is 0 Å². The number of nitrogens with one attached hydrogen (secondary N) is 1. The van der Waals surface area contributed by atoms with Crippen LogP contribution in [0.25, 0.3) is 0 Å². The van der Waals surface area contributed by atoms with Crippen LogP contribution in [0.5, 0.6) is 0 Å². The van der Waals surface area contributed by atoms with E-state index >= 15 is 0 Å². The van der Waals surface area contributed by atoms with Crippen molar-refractivity contribution >= 4 is 5.69 Å². The third kappa shape index (κ3) is 2.98. The molecule has 1 heterocycles. The third-order valence-corrected chi connectivity index (χ3v) is 3.69. The quantitative estimate of drug-likeness (QED) is 0.897. The normalized spacial score (nSPS) is 12.5. The van der Waals surface area contributed by atoms with Crippen molar-refractivity contribution in [2.24, 2.45) is 0 Å². The van der Waals surface area contributed by atoms with Crippen LogP contribution in [0.2, 0.25) is 0 Å². The molecule has 0 fully saturated rings. The largest absolute Gasteiger partial charge is 0.376 e. The monoisotopic (exact) mass is 257 g/mol. The van der Waals surface area contributed by atoms with Crippen molar-refractivity contribution in [3.63, 3.8) is 0 Å². The Morgan fingerprint density at radius 1 is 1.16 bits per heavy atom. The van der Waals surface area contributed by atoms with E-state index in [1.165, 1.54) is 22.3 Å². The van der Waals surface area contributed by atoms with Crippen LogP contribution in [-0.4, -0.2) is 9.78 Å². The minimum absolute atomic E-state index is 0.286. The Labute approximate surface area is 115 Å². The second kappa shape index (κ2) is 5.47. The molecule has 1 atom stereocenters. The topological polar surface area (TPSA) is 29.9 Å². The van der Waals surface area contributed by atoms with Gasteiger partial charge in [-0.15, -0.1) is 0 Å². The molecule has 0 aliphatic rings. The fraction of sp³-hybridized carbons (Fsp3) is 0.438. The Morgan fingerprint density at radius 2 is 1.84 bits per heavy atom. The number of aromatic nitrogens is 2. The van der Waals surface area contributed by atoms with Gasteiger partial charge in [0.2, 0.25) is 0 Å². The Kier molecular flexibility index (Phi) is 3.93. The first kappa shape index (κ1) is 13.7. The summed E-state index contributed by atoms with van der Waals surface area (Å²) in [5.41, 5.74) is 6.47. The van der Waals surface area contributed by atoms with E-state index in [4.69, 9.17) is 0 Å². The molecule has 19 heavy (non-hydrogen) atoms. The van der Waals surface area contributed by atoms with E-state index in [9.17, 15) is 0 Å². The summed E-state index contributed by atoms with van der Waals surface area (Å²) in [6, 6.07) is 4.83. The summed E-state index contributed by atoms with van der Waals surface area (Å²) in [5.74, 6) is 0. The molecule has 1 aromatic heterocycles. The lowest BCUT2D eigenvalue weighted by Crippen LogP contribution is -2.08. The second-order valence-electron chi connectivity index (χ2n) is 5.24. The van der Waals surface area contributed by atoms with Gasteiger partial charge in [-0.2, -0.15) is 5.10 Å². The highest BCUT2D eigenvalue weighted by Gasteiger charge is 2.10. The number of hydrogen-bond donors (Lipinski definition) is 1. The minimum Gasteiger partial charge on any atom is -0.376 e. The third-order valence-electron chi connectivity index (χ3n) is 3.69. The maximum absolute atomic E-state index is 4.29. The summed E-state index contributed by atoms with van der Waals surface area (Å²) in [7, 11) is 0. The molecule has 0 aliphatic heterocycles. The lowest BCUT2D eigenvalue weighted by molar-refractivity contribution is 0.660. The van der Waals surface area contributed by atoms with Crippen molar-refractivity contribution in [3.05, 3.63) is 46.8 Å². The SMILES string of the molecule is CCn1cc(NC(C)c2cc(C)c(C)cc2C)cn1. The molecular formula is C16H23N3. The van der Waals surface area contributed by atoms with Gasteiger partial charge < -0.3 is 5.32 Å². The van der Waals surface area contributed by atoms with Gasteiger partial charge >= 0.3 is 0 Å². The molecule has 0 radical (unpaired) electrons. The van der Waals surface area contributed by atoms with Crippen molar-refractivity contribution in [2.45, 2.75) is 47.2 Å². The maximum atomic E-state index is 4.29. The van der Waals surface area contributed by atoms with E-state index in [-0.39, 0.29) is 6.04 Å². The zero-order valence-corrected chi connectivity index (χ0v) is 12.5. The predicted octanol–water partition coefficient (Wildman–Crippen LogP) is 4.00. The van der Waals surface area contributed by atoms with E-state index in [0.717, 1.165) is 12.2 Å². The van der Waals surface area contributed by atoms with Crippen molar-refractivity contribution < 1.29 is 0 Å². The summed E-state index contributed by atoms with van der Waals surface area (Å²) in [4.78, 5) is 0. The van der Waals surface area contributed by atoms with Gasteiger partial charge in [0, 0.05) is 18.8 Å². The molecule has 0 spiro atoms. The smallest absolute Gasteiger partial charge is 0.0731 e. The van der Waals surface area contributed by atoms with Crippen LogP contribution >= 0.6 is 0 Å². The molecule has 3 heteroatoms. The molecule has 102 valence electrons. The average Bonchev–Trinajstić information content (AvgIpc) is 2.81. The fourth-order valence-electron chi connectivity index (χ4n) is 2.39. The van der Waals surface area contributed by atoms with Crippen molar-refractivity contribution in [2.75, 3.05) is 5.32 Å². The van der Waals surface area contributed by atoms with Gasteiger partial charge in [-0.1, -0.05) is 12.1 Å². The molecule has 0 saturated heterocycles. The summed E-state index contributed by atoms with van der Waals surface area (Å²) in [5, 5.41) is 7.81. The molecule has 1 aromatic carbocycles. The average molecular weight is 257 g/mol. The molecule has 1 N–H and O–H groups in total. The van der Waals surface area contributed by atoms with Crippen LogP contribution in [0.15, 0.2) is 24.5 Å². The lowest BCUT2D eigenvalue weighted by atomic mass is 9.96. The number of nitrogens with zero attached hydrogens (tertiary/aromatic N) is 2. The number of anilines is 1. The van der Waals surface area contributed by atoms with Crippen molar-refractivity contribution in [3.8, 4) is 0 Å². The Morgan fingerprint density at radius 3 is 2.47 bits per heavy atom. The minimum atomic E-state index is 0.286. The van der Waals surface area contributed by atoms with Crippen LogP contribution in [0.1, 0.15) is 42.1 Å². The van der Waals surface area contributed by atoms with Gasteiger partial charge in [-0.3, -0.25) is 4.68 Å². The Bertz CT molecular complexity index is 569. The van der Waals surface area contributed by atoms with E-state index in [0.29, 0.717) is 0 Å². The first-order valence-electron chi connectivity index (χ1n) is 6.88. The zero-order chi connectivity index (χ0) is 14.0. The molecule has 0 saturated carbocycles. The molecule has 0 aliphatic carbocycles. The van der Waals surface area contributed by atoms with Gasteiger partial charge in [0.15, 0.2) is 0 Å². The lowest BCUT2D eigenvalue weighted by Gasteiger charge is -2.18. The number of rotatable bonds is 4. The van der Waals surface area contributed by atoms with Crippen molar-refractivity contribution in [1.29, 1.82) is 0 Å². The maximum Gasteiger partial charge on any atom is 0.0731 e. The van der Waals surface area contributed by atoms with E-state index in [2.05, 4.69) is 57.2 Å². The van der Waals surface area contributed by atoms with Crippen molar-refractivity contribution in [1.82, 2.24) is 9.78 Å². The number of aryl methyl sites for hydroxylation is 4. The summed E-state index contributed by atoms with van der Waals surface area (Å²) in [6.07, 6.45) is 3.93. The Balaban J connectivity index is 2.19. The predicted molar refractivity (Wildman–Crippen MR) is 80.6 cm³/mol. The van der Waals surface area contributed by atoms with Gasteiger partial charge in [-0.05, 0) is 56.9 Å². The molecular weight excluding hydrogens is 234 g/mol. The Hall–Kier alpha value is -1.77. The highest BCUT2D eigenvalue weighted by Crippen LogP contribution is 2.24. The fourth-order valence-corrected chi connectivity index (χ4v) is 2.39. The first-order chi connectivity index (χ1) is 9.01. The van der Waals surface area contributed by atoms with Gasteiger partial charge in [0.1, 0.15) is 0 Å². The van der Waals surface area contributed by atoms with Crippen LogP contribution in [0, 0.1) is 20.8 Å². The van der Waals surface area contributed by atoms with Gasteiger partial charge in [0.25, 0.3) is 0 Å². The molecule has 1 unspecified atom stereocenters.